The largest absolute Gasteiger partial charge is 0.493 e. The van der Waals surface area contributed by atoms with Gasteiger partial charge in [0.25, 0.3) is 0 Å². The Hall–Kier alpha value is -2.79. The van der Waals surface area contributed by atoms with Crippen molar-refractivity contribution in [3.8, 4) is 11.5 Å². The van der Waals surface area contributed by atoms with Crippen molar-refractivity contribution in [3.63, 3.8) is 0 Å². The van der Waals surface area contributed by atoms with Gasteiger partial charge in [-0.2, -0.15) is 0 Å². The smallest absolute Gasteiger partial charge is 0.244 e. The highest BCUT2D eigenvalue weighted by Gasteiger charge is 2.05. The molecule has 0 aliphatic rings. The first-order valence-corrected chi connectivity index (χ1v) is 9.57. The molecule has 0 aliphatic heterocycles. The first-order valence-electron chi connectivity index (χ1n) is 9.57. The van der Waals surface area contributed by atoms with Crippen LogP contribution >= 0.6 is 0 Å². The second-order valence-electron chi connectivity index (χ2n) is 6.24. The van der Waals surface area contributed by atoms with E-state index in [1.54, 1.807) is 13.2 Å². The van der Waals surface area contributed by atoms with Crippen molar-refractivity contribution in [1.82, 2.24) is 5.32 Å². The lowest BCUT2D eigenvalue weighted by molar-refractivity contribution is -0.116. The van der Waals surface area contributed by atoms with Crippen LogP contribution in [0.25, 0.3) is 6.08 Å². The third kappa shape index (κ3) is 7.08. The Bertz CT molecular complexity index is 758. The lowest BCUT2D eigenvalue weighted by Crippen LogP contribution is -2.23. The van der Waals surface area contributed by atoms with Crippen molar-refractivity contribution in [2.24, 2.45) is 0 Å². The minimum absolute atomic E-state index is 0.0476. The SMILES string of the molecule is CCOc1ccc(/C=C/C(=O)NCCCOC(C)c2ccccc2)cc1OC. The lowest BCUT2D eigenvalue weighted by Gasteiger charge is -2.13. The number of carbonyl (C=O) groups excluding carboxylic acids is 1. The molecule has 28 heavy (non-hydrogen) atoms. The van der Waals surface area contributed by atoms with Gasteiger partial charge in [-0.3, -0.25) is 4.79 Å². The Morgan fingerprint density at radius 2 is 1.93 bits per heavy atom. The number of amides is 1. The second kappa shape index (κ2) is 11.8. The number of rotatable bonds is 11. The van der Waals surface area contributed by atoms with Crippen LogP contribution in [-0.2, 0) is 9.53 Å². The van der Waals surface area contributed by atoms with Crippen molar-refractivity contribution in [1.29, 1.82) is 0 Å². The Morgan fingerprint density at radius 3 is 2.64 bits per heavy atom. The molecule has 5 heteroatoms. The molecule has 1 amide bonds. The zero-order chi connectivity index (χ0) is 20.2. The van der Waals surface area contributed by atoms with Gasteiger partial charge in [0, 0.05) is 19.2 Å². The van der Waals surface area contributed by atoms with E-state index >= 15 is 0 Å². The molecule has 0 saturated heterocycles. The summed E-state index contributed by atoms with van der Waals surface area (Å²) >= 11 is 0. The molecule has 0 saturated carbocycles. The molecular weight excluding hydrogens is 354 g/mol. The summed E-state index contributed by atoms with van der Waals surface area (Å²) in [5.74, 6) is 1.20. The van der Waals surface area contributed by atoms with Crippen molar-refractivity contribution in [3.05, 3.63) is 65.7 Å². The van der Waals surface area contributed by atoms with Gasteiger partial charge in [0.05, 0.1) is 19.8 Å². The van der Waals surface area contributed by atoms with E-state index in [1.165, 1.54) is 6.08 Å². The van der Waals surface area contributed by atoms with Crippen LogP contribution in [0.3, 0.4) is 0 Å². The molecule has 2 rings (SSSR count). The highest BCUT2D eigenvalue weighted by Crippen LogP contribution is 2.28. The normalized spacial score (nSPS) is 12.0. The van der Waals surface area contributed by atoms with Gasteiger partial charge in [0.2, 0.25) is 5.91 Å². The molecule has 1 unspecified atom stereocenters. The average Bonchev–Trinajstić information content (AvgIpc) is 2.73. The van der Waals surface area contributed by atoms with E-state index in [2.05, 4.69) is 5.32 Å². The van der Waals surface area contributed by atoms with Crippen molar-refractivity contribution in [2.75, 3.05) is 26.9 Å². The summed E-state index contributed by atoms with van der Waals surface area (Å²) in [7, 11) is 1.60. The van der Waals surface area contributed by atoms with E-state index in [4.69, 9.17) is 14.2 Å². The number of ether oxygens (including phenoxy) is 3. The van der Waals surface area contributed by atoms with Gasteiger partial charge < -0.3 is 19.5 Å². The monoisotopic (exact) mass is 383 g/mol. The van der Waals surface area contributed by atoms with Crippen LogP contribution in [0.2, 0.25) is 0 Å². The molecule has 2 aromatic carbocycles. The number of benzene rings is 2. The van der Waals surface area contributed by atoms with Gasteiger partial charge in [-0.05, 0) is 49.6 Å². The Kier molecular flexibility index (Phi) is 9.08. The van der Waals surface area contributed by atoms with Crippen LogP contribution < -0.4 is 14.8 Å². The average molecular weight is 383 g/mol. The number of methoxy groups -OCH3 is 1. The zero-order valence-corrected chi connectivity index (χ0v) is 16.8. The molecule has 0 bridgehead atoms. The molecule has 0 radical (unpaired) electrons. The van der Waals surface area contributed by atoms with Crippen LogP contribution in [0.15, 0.2) is 54.6 Å². The quantitative estimate of drug-likeness (QED) is 0.462. The number of nitrogens with one attached hydrogen (secondary N) is 1. The summed E-state index contributed by atoms with van der Waals surface area (Å²) in [5, 5.41) is 2.87. The summed E-state index contributed by atoms with van der Waals surface area (Å²) in [5.41, 5.74) is 2.02. The van der Waals surface area contributed by atoms with Gasteiger partial charge in [0.15, 0.2) is 11.5 Å². The minimum Gasteiger partial charge on any atom is -0.493 e. The molecule has 0 heterocycles. The van der Waals surface area contributed by atoms with E-state index in [9.17, 15) is 4.79 Å². The van der Waals surface area contributed by atoms with E-state index < -0.39 is 0 Å². The summed E-state index contributed by atoms with van der Waals surface area (Å²) < 4.78 is 16.6. The predicted octanol–water partition coefficient (Wildman–Crippen LogP) is 4.39. The Morgan fingerprint density at radius 1 is 1.14 bits per heavy atom. The van der Waals surface area contributed by atoms with E-state index in [0.29, 0.717) is 31.3 Å². The second-order valence-corrected chi connectivity index (χ2v) is 6.24. The number of carbonyl (C=O) groups is 1. The topological polar surface area (TPSA) is 56.8 Å². The van der Waals surface area contributed by atoms with Crippen molar-refractivity contribution < 1.29 is 19.0 Å². The fraction of sp³-hybridized carbons (Fsp3) is 0.348. The molecule has 0 fully saturated rings. The molecule has 0 aliphatic carbocycles. The van der Waals surface area contributed by atoms with Crippen molar-refractivity contribution >= 4 is 12.0 Å². The molecule has 1 atom stereocenters. The van der Waals surface area contributed by atoms with E-state index in [0.717, 1.165) is 17.5 Å². The standard InChI is InChI=1S/C23H29NO4/c1-4-27-21-13-11-19(17-22(21)26-3)12-14-23(25)24-15-8-16-28-18(2)20-9-6-5-7-10-20/h5-7,9-14,17-18H,4,8,15-16H2,1-3H3,(H,24,25)/b14-12+. The highest BCUT2D eigenvalue weighted by molar-refractivity contribution is 5.91. The summed E-state index contributed by atoms with van der Waals surface area (Å²) in [6.07, 6.45) is 4.07. The van der Waals surface area contributed by atoms with E-state index in [-0.39, 0.29) is 12.0 Å². The van der Waals surface area contributed by atoms with Crippen LogP contribution in [0.4, 0.5) is 0 Å². The highest BCUT2D eigenvalue weighted by atomic mass is 16.5. The maximum absolute atomic E-state index is 12.0. The molecule has 150 valence electrons. The van der Waals surface area contributed by atoms with Gasteiger partial charge in [0.1, 0.15) is 0 Å². The first-order chi connectivity index (χ1) is 13.6. The molecule has 0 aromatic heterocycles. The third-order valence-corrected chi connectivity index (χ3v) is 4.17. The maximum atomic E-state index is 12.0. The van der Waals surface area contributed by atoms with Gasteiger partial charge in [-0.1, -0.05) is 36.4 Å². The number of hydrogen-bond acceptors (Lipinski definition) is 4. The van der Waals surface area contributed by atoms with Gasteiger partial charge >= 0.3 is 0 Å². The molecule has 5 nitrogen and oxygen atoms in total. The molecule has 2 aromatic rings. The van der Waals surface area contributed by atoms with Crippen LogP contribution in [-0.4, -0.2) is 32.8 Å². The first kappa shape index (κ1) is 21.5. The Labute approximate surface area is 167 Å². The van der Waals surface area contributed by atoms with Gasteiger partial charge in [-0.25, -0.2) is 0 Å². The summed E-state index contributed by atoms with van der Waals surface area (Å²) in [6, 6.07) is 15.7. The predicted molar refractivity (Wildman–Crippen MR) is 112 cm³/mol. The maximum Gasteiger partial charge on any atom is 0.244 e. The zero-order valence-electron chi connectivity index (χ0n) is 16.8. The fourth-order valence-corrected chi connectivity index (χ4v) is 2.66. The van der Waals surface area contributed by atoms with Crippen LogP contribution in [0.5, 0.6) is 11.5 Å². The lowest BCUT2D eigenvalue weighted by atomic mass is 10.1. The Balaban J connectivity index is 1.70. The van der Waals surface area contributed by atoms with Crippen LogP contribution in [0, 0.1) is 0 Å². The molecular formula is C23H29NO4. The minimum atomic E-state index is -0.135. The third-order valence-electron chi connectivity index (χ3n) is 4.17. The summed E-state index contributed by atoms with van der Waals surface area (Å²) in [6.45, 7) is 5.68. The number of hydrogen-bond donors (Lipinski definition) is 1. The van der Waals surface area contributed by atoms with E-state index in [1.807, 2.05) is 62.4 Å². The summed E-state index contributed by atoms with van der Waals surface area (Å²) in [4.78, 5) is 12.0. The van der Waals surface area contributed by atoms with Crippen LogP contribution in [0.1, 0.15) is 37.5 Å². The van der Waals surface area contributed by atoms with Crippen molar-refractivity contribution in [2.45, 2.75) is 26.4 Å². The molecule has 0 spiro atoms. The van der Waals surface area contributed by atoms with Gasteiger partial charge in [-0.15, -0.1) is 0 Å². The molecule has 1 N–H and O–H groups in total. The fourth-order valence-electron chi connectivity index (χ4n) is 2.66.